The second-order valence-electron chi connectivity index (χ2n) is 6.91. The second kappa shape index (κ2) is 10.2. The largest absolute Gasteiger partial charge is 0.497 e. The highest BCUT2D eigenvalue weighted by Gasteiger charge is 2.09. The SMILES string of the molecule is C.CCN(C)C=Nc1cc(C)c(Cc2nc(-c3ccc(OC)cc3)cs2)cc1C. The summed E-state index contributed by atoms with van der Waals surface area (Å²) in [5.74, 6) is 0.859. The monoisotopic (exact) mass is 409 g/mol. The molecule has 0 aliphatic carbocycles. The first-order valence-electron chi connectivity index (χ1n) is 9.43. The summed E-state index contributed by atoms with van der Waals surface area (Å²) in [6.07, 6.45) is 2.73. The van der Waals surface area contributed by atoms with Crippen LogP contribution >= 0.6 is 11.3 Å². The Morgan fingerprint density at radius 1 is 1.14 bits per heavy atom. The number of hydrogen-bond acceptors (Lipinski definition) is 4. The summed E-state index contributed by atoms with van der Waals surface area (Å²) in [5.41, 5.74) is 6.89. The fraction of sp³-hybridized carbons (Fsp3) is 0.333. The van der Waals surface area contributed by atoms with Gasteiger partial charge in [0.05, 0.1) is 29.8 Å². The first-order valence-corrected chi connectivity index (χ1v) is 10.3. The summed E-state index contributed by atoms with van der Waals surface area (Å²) in [6, 6.07) is 12.4. The molecule has 0 spiro atoms. The lowest BCUT2D eigenvalue weighted by Crippen LogP contribution is -2.14. The Hall–Kier alpha value is -2.66. The fourth-order valence-electron chi connectivity index (χ4n) is 2.88. The van der Waals surface area contributed by atoms with Crippen molar-refractivity contribution in [3.8, 4) is 17.0 Å². The Balaban J connectivity index is 0.00000300. The van der Waals surface area contributed by atoms with Crippen LogP contribution in [0.1, 0.15) is 36.0 Å². The van der Waals surface area contributed by atoms with Gasteiger partial charge in [0.2, 0.25) is 0 Å². The second-order valence-corrected chi connectivity index (χ2v) is 7.86. The van der Waals surface area contributed by atoms with Gasteiger partial charge in [-0.15, -0.1) is 11.3 Å². The molecule has 0 atom stereocenters. The van der Waals surface area contributed by atoms with Gasteiger partial charge >= 0.3 is 0 Å². The summed E-state index contributed by atoms with van der Waals surface area (Å²) >= 11 is 1.71. The van der Waals surface area contributed by atoms with Crippen molar-refractivity contribution in [3.05, 3.63) is 63.5 Å². The number of methoxy groups -OCH3 is 1. The van der Waals surface area contributed by atoms with Crippen molar-refractivity contribution in [2.24, 2.45) is 4.99 Å². The van der Waals surface area contributed by atoms with Crippen molar-refractivity contribution >= 4 is 23.4 Å². The van der Waals surface area contributed by atoms with E-state index < -0.39 is 0 Å². The topological polar surface area (TPSA) is 37.7 Å². The van der Waals surface area contributed by atoms with Crippen LogP contribution in [0.15, 0.2) is 46.8 Å². The molecule has 0 radical (unpaired) electrons. The Morgan fingerprint density at radius 3 is 2.52 bits per heavy atom. The van der Waals surface area contributed by atoms with Crippen LogP contribution in [0, 0.1) is 13.8 Å². The summed E-state index contributed by atoms with van der Waals surface area (Å²) in [5, 5.41) is 3.24. The van der Waals surface area contributed by atoms with Gasteiger partial charge in [0.1, 0.15) is 5.75 Å². The molecule has 2 aromatic carbocycles. The molecule has 0 saturated heterocycles. The molecule has 0 aliphatic heterocycles. The molecule has 1 aromatic heterocycles. The molecule has 4 nitrogen and oxygen atoms in total. The van der Waals surface area contributed by atoms with E-state index in [1.54, 1.807) is 18.4 Å². The van der Waals surface area contributed by atoms with Crippen molar-refractivity contribution in [1.82, 2.24) is 9.88 Å². The molecule has 0 N–H and O–H groups in total. The van der Waals surface area contributed by atoms with Gasteiger partial charge in [-0.1, -0.05) is 13.5 Å². The molecule has 0 amide bonds. The molecule has 1 heterocycles. The van der Waals surface area contributed by atoms with Gasteiger partial charge in [0, 0.05) is 31.0 Å². The van der Waals surface area contributed by atoms with Crippen LogP contribution < -0.4 is 4.74 Å². The van der Waals surface area contributed by atoms with Gasteiger partial charge in [-0.2, -0.15) is 0 Å². The van der Waals surface area contributed by atoms with Crippen molar-refractivity contribution in [3.63, 3.8) is 0 Å². The highest BCUT2D eigenvalue weighted by Crippen LogP contribution is 2.28. The molecule has 0 unspecified atom stereocenters. The third-order valence-corrected chi connectivity index (χ3v) is 5.68. The zero-order valence-electron chi connectivity index (χ0n) is 17.2. The molecule has 0 aliphatic rings. The van der Waals surface area contributed by atoms with E-state index >= 15 is 0 Å². The molecule has 0 saturated carbocycles. The number of aryl methyl sites for hydroxylation is 2. The normalized spacial score (nSPS) is 10.8. The Morgan fingerprint density at radius 2 is 1.86 bits per heavy atom. The molecule has 3 aromatic rings. The molecule has 5 heteroatoms. The number of rotatable bonds is 7. The van der Waals surface area contributed by atoms with E-state index in [1.807, 2.05) is 37.7 Å². The molecule has 0 bridgehead atoms. The van der Waals surface area contributed by atoms with Gasteiger partial charge in [0.25, 0.3) is 0 Å². The minimum absolute atomic E-state index is 0. The Kier molecular flexibility index (Phi) is 7.97. The Labute approximate surface area is 178 Å². The third kappa shape index (κ3) is 5.67. The lowest BCUT2D eigenvalue weighted by molar-refractivity contribution is 0.415. The zero-order chi connectivity index (χ0) is 20.1. The maximum Gasteiger partial charge on any atom is 0.118 e. The fourth-order valence-corrected chi connectivity index (χ4v) is 3.71. The van der Waals surface area contributed by atoms with Gasteiger partial charge in [-0.25, -0.2) is 9.98 Å². The first-order chi connectivity index (χ1) is 13.5. The lowest BCUT2D eigenvalue weighted by Gasteiger charge is -2.11. The van der Waals surface area contributed by atoms with Gasteiger partial charge in [-0.05, 0) is 67.8 Å². The average Bonchev–Trinajstić information content (AvgIpc) is 3.17. The first kappa shape index (κ1) is 22.6. The van der Waals surface area contributed by atoms with E-state index in [0.717, 1.165) is 40.7 Å². The van der Waals surface area contributed by atoms with Crippen LogP contribution in [0.4, 0.5) is 5.69 Å². The molecule has 29 heavy (non-hydrogen) atoms. The zero-order valence-corrected chi connectivity index (χ0v) is 18.0. The lowest BCUT2D eigenvalue weighted by atomic mass is 10.0. The predicted octanol–water partition coefficient (Wildman–Crippen LogP) is 6.27. The quantitative estimate of drug-likeness (QED) is 0.341. The molecular formula is C24H31N3OS. The number of ether oxygens (including phenoxy) is 1. The standard InChI is InChI=1S/C23H27N3OS.CH4/c1-6-26(4)15-24-21-12-16(2)19(11-17(21)3)13-23-25-22(14-28-23)18-7-9-20(27-5)10-8-18;/h7-12,14-15H,6,13H2,1-5H3;1H4. The van der Waals surface area contributed by atoms with E-state index in [-0.39, 0.29) is 7.43 Å². The molecular weight excluding hydrogens is 378 g/mol. The highest BCUT2D eigenvalue weighted by molar-refractivity contribution is 7.10. The average molecular weight is 410 g/mol. The number of hydrogen-bond donors (Lipinski definition) is 0. The van der Waals surface area contributed by atoms with Crippen LogP contribution in [-0.4, -0.2) is 36.9 Å². The number of nitrogens with zero attached hydrogens (tertiary/aromatic N) is 3. The van der Waals surface area contributed by atoms with Gasteiger partial charge in [0.15, 0.2) is 0 Å². The smallest absolute Gasteiger partial charge is 0.118 e. The summed E-state index contributed by atoms with van der Waals surface area (Å²) < 4.78 is 5.23. The maximum absolute atomic E-state index is 5.23. The number of thiazole rings is 1. The van der Waals surface area contributed by atoms with Gasteiger partial charge in [-0.3, -0.25) is 0 Å². The predicted molar refractivity (Wildman–Crippen MR) is 126 cm³/mol. The summed E-state index contributed by atoms with van der Waals surface area (Å²) in [4.78, 5) is 11.5. The van der Waals surface area contributed by atoms with Crippen molar-refractivity contribution in [2.75, 3.05) is 20.7 Å². The number of benzene rings is 2. The molecule has 0 fully saturated rings. The minimum atomic E-state index is 0. The van der Waals surface area contributed by atoms with Gasteiger partial charge < -0.3 is 9.64 Å². The van der Waals surface area contributed by atoms with E-state index in [0.29, 0.717) is 0 Å². The molecule has 3 rings (SSSR count). The van der Waals surface area contributed by atoms with Crippen LogP contribution in [0.3, 0.4) is 0 Å². The van der Waals surface area contributed by atoms with Crippen LogP contribution in [0.2, 0.25) is 0 Å². The van der Waals surface area contributed by atoms with Crippen molar-refractivity contribution in [2.45, 2.75) is 34.6 Å². The van der Waals surface area contributed by atoms with Crippen LogP contribution in [0.5, 0.6) is 5.75 Å². The van der Waals surface area contributed by atoms with Crippen LogP contribution in [-0.2, 0) is 6.42 Å². The molecule has 154 valence electrons. The maximum atomic E-state index is 5.23. The van der Waals surface area contributed by atoms with Crippen molar-refractivity contribution < 1.29 is 4.74 Å². The van der Waals surface area contributed by atoms with E-state index in [9.17, 15) is 0 Å². The number of aromatic nitrogens is 1. The third-order valence-electron chi connectivity index (χ3n) is 4.83. The summed E-state index contributed by atoms with van der Waals surface area (Å²) in [6.45, 7) is 7.32. The van der Waals surface area contributed by atoms with E-state index in [1.165, 1.54) is 16.7 Å². The highest BCUT2D eigenvalue weighted by atomic mass is 32.1. The van der Waals surface area contributed by atoms with Crippen molar-refractivity contribution in [1.29, 1.82) is 0 Å². The number of aliphatic imine (C=N–C) groups is 1. The van der Waals surface area contributed by atoms with E-state index in [4.69, 9.17) is 9.72 Å². The summed E-state index contributed by atoms with van der Waals surface area (Å²) in [7, 11) is 3.71. The van der Waals surface area contributed by atoms with E-state index in [2.05, 4.69) is 48.2 Å². The Bertz CT molecular complexity index is 961. The minimum Gasteiger partial charge on any atom is -0.497 e. The van der Waals surface area contributed by atoms with Crippen LogP contribution in [0.25, 0.3) is 11.3 Å².